The van der Waals surface area contributed by atoms with E-state index in [1.807, 2.05) is 0 Å². The van der Waals surface area contributed by atoms with Gasteiger partial charge in [0.25, 0.3) is 20.1 Å². The van der Waals surface area contributed by atoms with Crippen LogP contribution in [-0.2, 0) is 16.2 Å². The SMILES string of the molecule is Cc1ccc(N2c3ccc(-c4nc(-c5ccc6c(c5)B5c7cc(C(C)(C)C)ccc7Oc7cc(C)cc(c75)N6c5ccc(C)cc5)nc(-c5ccc6c(c5)B5c7cc(C(C)(C)C)ccc7Oc7cc(C)cc(c75)N6c5ccc(C)cc5)n4)cc3B3c4cc(C(C)(C)C)ccc4Oc4cc(C)cc2c43)cc1. The summed E-state index contributed by atoms with van der Waals surface area (Å²) >= 11 is 0. The first-order valence-electron chi connectivity index (χ1n) is 37.0. The zero-order valence-corrected chi connectivity index (χ0v) is 62.4. The Labute approximate surface area is 617 Å². The smallest absolute Gasteiger partial charge is 0.256 e. The zero-order valence-electron chi connectivity index (χ0n) is 62.4. The molecule has 0 bridgehead atoms. The van der Waals surface area contributed by atoms with Crippen molar-refractivity contribution in [1.82, 2.24) is 15.0 Å². The number of aromatic nitrogens is 3. The van der Waals surface area contributed by atoms with Crippen LogP contribution in [0.4, 0.5) is 51.2 Å². The minimum Gasteiger partial charge on any atom is -0.458 e. The maximum Gasteiger partial charge on any atom is 0.256 e. The fourth-order valence-electron chi connectivity index (χ4n) is 17.2. The van der Waals surface area contributed by atoms with Crippen LogP contribution in [0.1, 0.15) is 112 Å². The van der Waals surface area contributed by atoms with Gasteiger partial charge >= 0.3 is 0 Å². The number of fused-ring (bicyclic) bond motifs is 12. The van der Waals surface area contributed by atoms with Crippen LogP contribution in [0.3, 0.4) is 0 Å². The summed E-state index contributed by atoms with van der Waals surface area (Å²) in [5, 5.41) is 0. The van der Waals surface area contributed by atoms with E-state index in [4.69, 9.17) is 29.2 Å². The molecule has 7 heterocycles. The van der Waals surface area contributed by atoms with Crippen molar-refractivity contribution in [1.29, 1.82) is 0 Å². The van der Waals surface area contributed by atoms with Gasteiger partial charge in [-0.05, 0) is 268 Å². The molecule has 0 spiro atoms. The lowest BCUT2D eigenvalue weighted by atomic mass is 9.34. The van der Waals surface area contributed by atoms with Crippen LogP contribution in [0.5, 0.6) is 34.5 Å². The van der Waals surface area contributed by atoms with Gasteiger partial charge in [-0.3, -0.25) is 0 Å². The minimum absolute atomic E-state index is 0.121. The molecular weight excluding hydrogens is 1280 g/mol. The summed E-state index contributed by atoms with van der Waals surface area (Å²) in [5.41, 5.74) is 33.0. The van der Waals surface area contributed by atoms with Gasteiger partial charge in [0.05, 0.1) is 0 Å². The van der Waals surface area contributed by atoms with E-state index in [1.54, 1.807) is 0 Å². The molecule has 6 aliphatic rings. The van der Waals surface area contributed by atoms with Crippen LogP contribution in [0.15, 0.2) is 218 Å². The summed E-state index contributed by atoms with van der Waals surface area (Å²) in [6.45, 7) is 33.0. The standard InChI is InChI=1S/C93H81B3N6O3/c1-52-16-28-64(29-17-52)100-73-34-22-58(46-67(73)94-70-49-61(91(7,8)9)25-37-79(70)103-82-43-55(4)40-76(100)85(82)94)88-97-89(59-23-35-74-68(47-59)95-71-50-62(92(10,11)12)26-38-80(71)104-83-44-56(5)41-77(86(83)95)101(74)65-30-18-53(2)19-31-65)99-90(98-88)60-24-36-75-69(48-60)96-72-51-63(93(13,14)15)27-39-81(72)105-84-45-57(6)42-78(87(84)96)102(75)66-32-20-54(3)21-33-66/h16-51H,1-15H3. The Kier molecular flexibility index (Phi) is 14.2. The Bertz CT molecular complexity index is 5310. The highest BCUT2D eigenvalue weighted by molar-refractivity contribution is 7.01. The molecule has 0 radical (unpaired) electrons. The molecule has 13 aromatic rings. The van der Waals surface area contributed by atoms with Gasteiger partial charge < -0.3 is 28.9 Å². The van der Waals surface area contributed by atoms with Crippen molar-refractivity contribution in [2.24, 2.45) is 0 Å². The van der Waals surface area contributed by atoms with Crippen molar-refractivity contribution in [2.75, 3.05) is 14.7 Å². The minimum atomic E-state index is -0.191. The molecule has 0 unspecified atom stereocenters. The molecule has 0 amide bonds. The average Bonchev–Trinajstić information content (AvgIpc) is 0.718. The van der Waals surface area contributed by atoms with Gasteiger partial charge in [-0.25, -0.2) is 15.0 Å². The molecule has 6 aliphatic heterocycles. The Morgan fingerprint density at radius 2 is 0.514 bits per heavy atom. The monoisotopic (exact) mass is 1360 g/mol. The van der Waals surface area contributed by atoms with Crippen LogP contribution >= 0.6 is 0 Å². The van der Waals surface area contributed by atoms with E-state index in [9.17, 15) is 0 Å². The third-order valence-electron chi connectivity index (χ3n) is 22.6. The van der Waals surface area contributed by atoms with E-state index in [0.717, 1.165) is 168 Å². The van der Waals surface area contributed by atoms with Crippen molar-refractivity contribution < 1.29 is 14.2 Å². The van der Waals surface area contributed by atoms with E-state index in [0.29, 0.717) is 17.5 Å². The third kappa shape index (κ3) is 10.4. The van der Waals surface area contributed by atoms with Crippen LogP contribution < -0.4 is 78.1 Å². The van der Waals surface area contributed by atoms with Crippen molar-refractivity contribution in [3.63, 3.8) is 0 Å². The lowest BCUT2D eigenvalue weighted by Gasteiger charge is -2.41. The molecule has 0 saturated heterocycles. The first-order chi connectivity index (χ1) is 50.3. The number of anilines is 9. The van der Waals surface area contributed by atoms with Crippen LogP contribution in [-0.4, -0.2) is 35.1 Å². The number of ether oxygens (including phenoxy) is 3. The van der Waals surface area contributed by atoms with Crippen molar-refractivity contribution in [3.8, 4) is 68.7 Å². The Morgan fingerprint density at radius 3 is 0.771 bits per heavy atom. The summed E-state index contributed by atoms with van der Waals surface area (Å²) in [5.74, 6) is 6.87. The predicted molar refractivity (Wildman–Crippen MR) is 438 cm³/mol. The van der Waals surface area contributed by atoms with Gasteiger partial charge in [0, 0.05) is 67.9 Å². The summed E-state index contributed by atoms with van der Waals surface area (Å²) in [6, 6.07) is 81.4. The van der Waals surface area contributed by atoms with Crippen molar-refractivity contribution in [2.45, 2.75) is 120 Å². The lowest BCUT2D eigenvalue weighted by molar-refractivity contribution is 0.485. The van der Waals surface area contributed by atoms with Crippen LogP contribution in [0.2, 0.25) is 0 Å². The number of hydrogen-bond donors (Lipinski definition) is 0. The van der Waals surface area contributed by atoms with Crippen LogP contribution in [0, 0.1) is 41.5 Å². The fourth-order valence-corrected chi connectivity index (χ4v) is 17.2. The van der Waals surface area contributed by atoms with Crippen molar-refractivity contribution >= 4 is 120 Å². The van der Waals surface area contributed by atoms with Crippen LogP contribution in [0.25, 0.3) is 34.2 Å². The largest absolute Gasteiger partial charge is 0.458 e. The predicted octanol–water partition coefficient (Wildman–Crippen LogP) is 17.8. The second-order valence-corrected chi connectivity index (χ2v) is 33.3. The number of rotatable bonds is 6. The van der Waals surface area contributed by atoms with Crippen molar-refractivity contribution in [3.05, 3.63) is 268 Å². The molecule has 12 heteroatoms. The quantitative estimate of drug-likeness (QED) is 0.151. The molecule has 105 heavy (non-hydrogen) atoms. The van der Waals surface area contributed by atoms with E-state index in [-0.39, 0.29) is 36.4 Å². The van der Waals surface area contributed by atoms with E-state index in [2.05, 4.69) is 337 Å². The Balaban J connectivity index is 0.871. The van der Waals surface area contributed by atoms with Gasteiger partial charge in [-0.15, -0.1) is 0 Å². The van der Waals surface area contributed by atoms with Gasteiger partial charge in [0.1, 0.15) is 34.5 Å². The molecule has 1 aromatic heterocycles. The first-order valence-corrected chi connectivity index (χ1v) is 37.0. The Hall–Kier alpha value is -11.4. The number of nitrogens with zero attached hydrogens (tertiary/aromatic N) is 6. The van der Waals surface area contributed by atoms with E-state index in [1.165, 1.54) is 33.4 Å². The molecule has 0 fully saturated rings. The molecule has 19 rings (SSSR count). The highest BCUT2D eigenvalue weighted by Gasteiger charge is 2.47. The first kappa shape index (κ1) is 64.5. The third-order valence-corrected chi connectivity index (χ3v) is 22.6. The summed E-state index contributed by atoms with van der Waals surface area (Å²) in [6.07, 6.45) is 0. The second-order valence-electron chi connectivity index (χ2n) is 33.3. The fraction of sp³-hybridized carbons (Fsp3) is 0.194. The number of aryl methyl sites for hydroxylation is 6. The van der Waals surface area contributed by atoms with E-state index < -0.39 is 0 Å². The van der Waals surface area contributed by atoms with Gasteiger partial charge in [0.15, 0.2) is 17.5 Å². The van der Waals surface area contributed by atoms with E-state index >= 15 is 0 Å². The topological polar surface area (TPSA) is 76.1 Å². The normalized spacial score (nSPS) is 14.0. The second kappa shape index (κ2) is 23.1. The molecule has 0 atom stereocenters. The number of benzene rings is 12. The maximum atomic E-state index is 7.09. The molecule has 9 nitrogen and oxygen atoms in total. The van der Waals surface area contributed by atoms with Gasteiger partial charge in [0.2, 0.25) is 0 Å². The van der Waals surface area contributed by atoms with Gasteiger partial charge in [-0.1, -0.05) is 170 Å². The number of hydrogen-bond acceptors (Lipinski definition) is 9. The highest BCUT2D eigenvalue weighted by atomic mass is 16.5. The Morgan fingerprint density at radius 1 is 0.248 bits per heavy atom. The summed E-state index contributed by atoms with van der Waals surface area (Å²) in [7, 11) is 0. The molecule has 12 aromatic carbocycles. The zero-order chi connectivity index (χ0) is 72.2. The molecular formula is C93H81B3N6O3. The summed E-state index contributed by atoms with van der Waals surface area (Å²) in [4.78, 5) is 24.7. The highest BCUT2D eigenvalue weighted by Crippen LogP contribution is 2.48. The molecule has 0 N–H and O–H groups in total. The lowest BCUT2D eigenvalue weighted by Crippen LogP contribution is -2.59. The summed E-state index contributed by atoms with van der Waals surface area (Å²) < 4.78 is 21.3. The maximum absolute atomic E-state index is 7.09. The molecule has 0 aliphatic carbocycles. The molecule has 0 saturated carbocycles. The molecule has 510 valence electrons. The average molecular weight is 1360 g/mol. The van der Waals surface area contributed by atoms with Gasteiger partial charge in [-0.2, -0.15) is 0 Å².